The summed E-state index contributed by atoms with van der Waals surface area (Å²) in [6.07, 6.45) is 2.20. The Morgan fingerprint density at radius 2 is 1.93 bits per heavy atom. The van der Waals surface area contributed by atoms with Gasteiger partial charge in [-0.25, -0.2) is 4.39 Å². The Balaban J connectivity index is 1.46. The van der Waals surface area contributed by atoms with Gasteiger partial charge in [0.2, 0.25) is 11.8 Å². The molecule has 142 valence electrons. The topological polar surface area (TPSA) is 58.6 Å². The number of ether oxygens (including phenoxy) is 1. The Morgan fingerprint density at radius 1 is 1.22 bits per heavy atom. The van der Waals surface area contributed by atoms with Crippen LogP contribution in [0, 0.1) is 11.7 Å². The van der Waals surface area contributed by atoms with Crippen LogP contribution in [0.5, 0.6) is 5.75 Å². The van der Waals surface area contributed by atoms with E-state index in [1.807, 2.05) is 30.5 Å². The number of halogens is 1. The second-order valence-electron chi connectivity index (χ2n) is 6.20. The van der Waals surface area contributed by atoms with Gasteiger partial charge in [0.15, 0.2) is 0 Å². The Morgan fingerprint density at radius 3 is 2.59 bits per heavy atom. The van der Waals surface area contributed by atoms with E-state index in [1.54, 1.807) is 16.7 Å². The van der Waals surface area contributed by atoms with E-state index < -0.39 is 0 Å². The summed E-state index contributed by atoms with van der Waals surface area (Å²) >= 11 is 1.64. The maximum Gasteiger partial charge on any atom is 0.227 e. The number of benzene rings is 2. The molecule has 1 saturated heterocycles. The molecule has 2 aromatic rings. The molecular weight excluding hydrogens is 367 g/mol. The van der Waals surface area contributed by atoms with Crippen LogP contribution in [0.15, 0.2) is 53.4 Å². The highest BCUT2D eigenvalue weighted by Gasteiger charge is 2.34. The molecule has 0 spiro atoms. The Bertz CT molecular complexity index is 796. The molecule has 5 nitrogen and oxygen atoms in total. The predicted molar refractivity (Wildman–Crippen MR) is 104 cm³/mol. The maximum atomic E-state index is 12.8. The van der Waals surface area contributed by atoms with Crippen LogP contribution in [0.25, 0.3) is 0 Å². The van der Waals surface area contributed by atoms with Gasteiger partial charge in [0, 0.05) is 23.5 Å². The molecule has 1 heterocycles. The fraction of sp³-hybridized carbons (Fsp3) is 0.300. The minimum Gasteiger partial charge on any atom is -0.492 e. The molecule has 3 rings (SSSR count). The zero-order valence-corrected chi connectivity index (χ0v) is 15.8. The summed E-state index contributed by atoms with van der Waals surface area (Å²) in [7, 11) is 0. The predicted octanol–water partition coefficient (Wildman–Crippen LogP) is 3.10. The first-order valence-electron chi connectivity index (χ1n) is 8.67. The lowest BCUT2D eigenvalue weighted by Crippen LogP contribution is -2.35. The van der Waals surface area contributed by atoms with Crippen molar-refractivity contribution in [1.29, 1.82) is 0 Å². The lowest BCUT2D eigenvalue weighted by Gasteiger charge is -2.17. The van der Waals surface area contributed by atoms with E-state index in [1.165, 1.54) is 24.3 Å². The third-order valence-electron chi connectivity index (χ3n) is 4.36. The number of carbonyl (C=O) groups excluding carboxylic acids is 2. The first kappa shape index (κ1) is 19.2. The molecule has 27 heavy (non-hydrogen) atoms. The maximum absolute atomic E-state index is 12.8. The van der Waals surface area contributed by atoms with E-state index in [2.05, 4.69) is 5.32 Å². The van der Waals surface area contributed by atoms with Crippen molar-refractivity contribution in [2.75, 3.05) is 30.9 Å². The number of thioether (sulfide) groups is 1. The molecule has 1 aliphatic rings. The molecule has 2 aromatic carbocycles. The zero-order chi connectivity index (χ0) is 19.2. The molecule has 7 heteroatoms. The van der Waals surface area contributed by atoms with Crippen molar-refractivity contribution in [1.82, 2.24) is 5.32 Å². The van der Waals surface area contributed by atoms with Crippen LogP contribution in [0.3, 0.4) is 0 Å². The van der Waals surface area contributed by atoms with E-state index >= 15 is 0 Å². The molecule has 0 aromatic heterocycles. The first-order chi connectivity index (χ1) is 13.1. The van der Waals surface area contributed by atoms with Gasteiger partial charge in [-0.15, -0.1) is 11.8 Å². The second kappa shape index (κ2) is 8.90. The summed E-state index contributed by atoms with van der Waals surface area (Å²) in [6, 6.07) is 13.4. The first-order valence-corrected chi connectivity index (χ1v) is 9.90. The second-order valence-corrected chi connectivity index (χ2v) is 7.08. The number of hydrogen-bond donors (Lipinski definition) is 1. The minimum absolute atomic E-state index is 0.0467. The van der Waals surface area contributed by atoms with Crippen molar-refractivity contribution >= 4 is 29.3 Å². The van der Waals surface area contributed by atoms with Gasteiger partial charge >= 0.3 is 0 Å². The Labute approximate surface area is 161 Å². The van der Waals surface area contributed by atoms with Gasteiger partial charge in [-0.1, -0.05) is 0 Å². The number of anilines is 1. The van der Waals surface area contributed by atoms with Crippen LogP contribution in [0.4, 0.5) is 10.1 Å². The van der Waals surface area contributed by atoms with Gasteiger partial charge in [0.1, 0.15) is 18.2 Å². The van der Waals surface area contributed by atoms with E-state index in [9.17, 15) is 14.0 Å². The molecule has 1 N–H and O–H groups in total. The van der Waals surface area contributed by atoms with Gasteiger partial charge in [-0.05, 0) is 54.8 Å². The van der Waals surface area contributed by atoms with Crippen LogP contribution >= 0.6 is 11.8 Å². The lowest BCUT2D eigenvalue weighted by molar-refractivity contribution is -0.126. The van der Waals surface area contributed by atoms with Crippen LogP contribution in [-0.2, 0) is 9.59 Å². The molecule has 0 radical (unpaired) electrons. The molecule has 0 saturated carbocycles. The third kappa shape index (κ3) is 5.01. The molecule has 1 unspecified atom stereocenters. The molecule has 1 atom stereocenters. The average Bonchev–Trinajstić information content (AvgIpc) is 3.08. The van der Waals surface area contributed by atoms with E-state index in [0.29, 0.717) is 18.8 Å². The largest absolute Gasteiger partial charge is 0.492 e. The number of amides is 2. The van der Waals surface area contributed by atoms with Crippen LogP contribution in [0.2, 0.25) is 0 Å². The SMILES string of the molecule is CSc1ccc(N2CC(C(=O)NCCOc3ccc(F)cc3)CC2=O)cc1. The Kier molecular flexibility index (Phi) is 6.34. The summed E-state index contributed by atoms with van der Waals surface area (Å²) in [4.78, 5) is 27.4. The van der Waals surface area contributed by atoms with Gasteiger partial charge in [-0.3, -0.25) is 9.59 Å². The van der Waals surface area contributed by atoms with Crippen LogP contribution in [0.1, 0.15) is 6.42 Å². The van der Waals surface area contributed by atoms with Crippen molar-refractivity contribution in [3.05, 3.63) is 54.3 Å². The van der Waals surface area contributed by atoms with Crippen molar-refractivity contribution < 1.29 is 18.7 Å². The van der Waals surface area contributed by atoms with Crippen LogP contribution in [-0.4, -0.2) is 37.8 Å². The number of hydrogen-bond acceptors (Lipinski definition) is 4. The highest BCUT2D eigenvalue weighted by Crippen LogP contribution is 2.27. The van der Waals surface area contributed by atoms with Gasteiger partial charge in [0.05, 0.1) is 12.5 Å². The third-order valence-corrected chi connectivity index (χ3v) is 5.11. The van der Waals surface area contributed by atoms with Crippen molar-refractivity contribution in [3.63, 3.8) is 0 Å². The number of nitrogens with one attached hydrogen (secondary N) is 1. The van der Waals surface area contributed by atoms with Gasteiger partial charge < -0.3 is 15.0 Å². The molecule has 1 aliphatic heterocycles. The fourth-order valence-electron chi connectivity index (χ4n) is 2.91. The Hall–Kier alpha value is -2.54. The van der Waals surface area contributed by atoms with Crippen LogP contribution < -0.4 is 15.0 Å². The summed E-state index contributed by atoms with van der Waals surface area (Å²) in [5.41, 5.74) is 0.813. The number of carbonyl (C=O) groups is 2. The minimum atomic E-state index is -0.372. The standard InChI is InChI=1S/C20H21FN2O3S/c1-27-18-8-4-16(5-9-18)23-13-14(12-19(23)24)20(25)22-10-11-26-17-6-2-15(21)3-7-17/h2-9,14H,10-13H2,1H3,(H,22,25). The smallest absolute Gasteiger partial charge is 0.227 e. The normalized spacial score (nSPS) is 16.4. The van der Waals surface area contributed by atoms with Crippen molar-refractivity contribution in [2.45, 2.75) is 11.3 Å². The van der Waals surface area contributed by atoms with Gasteiger partial charge in [-0.2, -0.15) is 0 Å². The molecule has 1 fully saturated rings. The van der Waals surface area contributed by atoms with Gasteiger partial charge in [0.25, 0.3) is 0 Å². The molecule has 0 aliphatic carbocycles. The van der Waals surface area contributed by atoms with E-state index in [-0.39, 0.29) is 36.6 Å². The molecule has 2 amide bonds. The lowest BCUT2D eigenvalue weighted by atomic mass is 10.1. The fourth-order valence-corrected chi connectivity index (χ4v) is 3.32. The summed E-state index contributed by atoms with van der Waals surface area (Å²) in [5, 5.41) is 2.80. The summed E-state index contributed by atoms with van der Waals surface area (Å²) < 4.78 is 18.3. The quantitative estimate of drug-likeness (QED) is 0.585. The molecule has 0 bridgehead atoms. The monoisotopic (exact) mass is 388 g/mol. The number of rotatable bonds is 7. The summed E-state index contributed by atoms with van der Waals surface area (Å²) in [5.74, 6) is -0.358. The van der Waals surface area contributed by atoms with Crippen molar-refractivity contribution in [3.8, 4) is 5.75 Å². The van der Waals surface area contributed by atoms with Crippen molar-refractivity contribution in [2.24, 2.45) is 5.92 Å². The van der Waals surface area contributed by atoms with E-state index in [0.717, 1.165) is 10.6 Å². The highest BCUT2D eigenvalue weighted by molar-refractivity contribution is 7.98. The average molecular weight is 388 g/mol. The zero-order valence-electron chi connectivity index (χ0n) is 15.0. The summed E-state index contributed by atoms with van der Waals surface area (Å²) in [6.45, 7) is 0.976. The highest BCUT2D eigenvalue weighted by atomic mass is 32.2. The number of nitrogens with zero attached hydrogens (tertiary/aromatic N) is 1. The molecular formula is C20H21FN2O3S. The van der Waals surface area contributed by atoms with E-state index in [4.69, 9.17) is 4.74 Å².